The molecule has 4 unspecified atom stereocenters. The van der Waals surface area contributed by atoms with Crippen LogP contribution in [0.3, 0.4) is 0 Å². The second-order valence-electron chi connectivity index (χ2n) is 10.3. The van der Waals surface area contributed by atoms with Crippen molar-refractivity contribution >= 4 is 40.5 Å². The standard InChI is InChI=1S/C28H39N9O6/c29-10-4-3-7-21(35-25(39)19(30)12-17-14-32-15-34-17)26(40)37-23(11-16-13-33-20-6-2-1-5-18(16)20)27(41)36-22(28(42)43)8-9-24(31)38/h1-2,5-6,13-15,19,21-23,33H,3-4,7-12,29-30H2,(H2,31,38)(H,32,34)(H,35,39)(H,36,41)(H,37,40)(H,42,43). The van der Waals surface area contributed by atoms with Crippen LogP contribution in [0.5, 0.6) is 0 Å². The predicted molar refractivity (Wildman–Crippen MR) is 157 cm³/mol. The SMILES string of the molecule is NCCCCC(NC(=O)C(N)Cc1cnc[nH]1)C(=O)NC(Cc1c[nH]c2ccccc12)C(=O)NC(CCC(N)=O)C(=O)O. The molecule has 0 aliphatic rings. The second kappa shape index (κ2) is 16.0. The molecule has 232 valence electrons. The Labute approximate surface area is 247 Å². The molecule has 0 fully saturated rings. The van der Waals surface area contributed by atoms with Crippen molar-refractivity contribution < 1.29 is 29.1 Å². The molecule has 0 radical (unpaired) electrons. The summed E-state index contributed by atoms with van der Waals surface area (Å²) in [5.41, 5.74) is 19.0. The van der Waals surface area contributed by atoms with Crippen molar-refractivity contribution in [3.05, 3.63) is 54.2 Å². The molecular formula is C28H39N9O6. The molecule has 0 aliphatic heterocycles. The van der Waals surface area contributed by atoms with Crippen LogP contribution >= 0.6 is 0 Å². The number of unbranched alkanes of at least 4 members (excludes halogenated alkanes) is 1. The Morgan fingerprint density at radius 2 is 1.58 bits per heavy atom. The van der Waals surface area contributed by atoms with Crippen molar-refractivity contribution in [1.82, 2.24) is 30.9 Å². The lowest BCUT2D eigenvalue weighted by Crippen LogP contribution is -2.57. The van der Waals surface area contributed by atoms with E-state index in [0.29, 0.717) is 30.6 Å². The first kappa shape index (κ1) is 32.8. The van der Waals surface area contributed by atoms with Gasteiger partial charge in [-0.1, -0.05) is 18.2 Å². The molecule has 4 amide bonds. The highest BCUT2D eigenvalue weighted by Gasteiger charge is 2.31. The molecule has 0 bridgehead atoms. The number of H-pyrrole nitrogens is 2. The zero-order valence-corrected chi connectivity index (χ0v) is 23.7. The molecule has 1 aromatic carbocycles. The molecular weight excluding hydrogens is 558 g/mol. The van der Waals surface area contributed by atoms with E-state index in [1.54, 1.807) is 12.4 Å². The second-order valence-corrected chi connectivity index (χ2v) is 10.3. The number of para-hydroxylation sites is 1. The van der Waals surface area contributed by atoms with E-state index < -0.39 is 53.8 Å². The Balaban J connectivity index is 1.81. The van der Waals surface area contributed by atoms with Crippen LogP contribution in [0.25, 0.3) is 10.9 Å². The molecule has 0 aliphatic carbocycles. The Hall–Kier alpha value is -4.76. The highest BCUT2D eigenvalue weighted by molar-refractivity contribution is 5.95. The molecule has 43 heavy (non-hydrogen) atoms. The van der Waals surface area contributed by atoms with E-state index in [0.717, 1.165) is 10.9 Å². The van der Waals surface area contributed by atoms with Crippen LogP contribution in [0.4, 0.5) is 0 Å². The van der Waals surface area contributed by atoms with Crippen molar-refractivity contribution in [3.63, 3.8) is 0 Å². The van der Waals surface area contributed by atoms with Gasteiger partial charge in [-0.3, -0.25) is 19.2 Å². The average molecular weight is 598 g/mol. The number of rotatable bonds is 18. The van der Waals surface area contributed by atoms with E-state index in [9.17, 15) is 29.1 Å². The number of carboxylic acid groups (broad SMARTS) is 1. The van der Waals surface area contributed by atoms with Gasteiger partial charge >= 0.3 is 5.97 Å². The first-order chi connectivity index (χ1) is 20.6. The predicted octanol–water partition coefficient (Wildman–Crippen LogP) is -1.06. The number of nitrogens with two attached hydrogens (primary N) is 3. The maximum absolute atomic E-state index is 13.6. The van der Waals surface area contributed by atoms with E-state index >= 15 is 0 Å². The fraction of sp³-hybridized carbons (Fsp3) is 0.429. The molecule has 15 heteroatoms. The van der Waals surface area contributed by atoms with Crippen LogP contribution in [-0.4, -0.2) is 80.4 Å². The summed E-state index contributed by atoms with van der Waals surface area (Å²) in [6.07, 6.45) is 5.73. The molecule has 4 atom stereocenters. The molecule has 3 rings (SSSR count). The number of benzene rings is 1. The van der Waals surface area contributed by atoms with Gasteiger partial charge in [0.1, 0.15) is 18.1 Å². The first-order valence-corrected chi connectivity index (χ1v) is 14.0. The number of hydrogen-bond donors (Lipinski definition) is 9. The third-order valence-electron chi connectivity index (χ3n) is 6.94. The van der Waals surface area contributed by atoms with Gasteiger partial charge in [0.2, 0.25) is 23.6 Å². The monoisotopic (exact) mass is 597 g/mol. The van der Waals surface area contributed by atoms with Crippen LogP contribution in [0.15, 0.2) is 43.0 Å². The summed E-state index contributed by atoms with van der Waals surface area (Å²) in [5, 5.41) is 18.2. The Bertz CT molecular complexity index is 1390. The number of aromatic nitrogens is 3. The number of carboxylic acids is 1. The van der Waals surface area contributed by atoms with Gasteiger partial charge in [0.25, 0.3) is 0 Å². The number of fused-ring (bicyclic) bond motifs is 1. The van der Waals surface area contributed by atoms with Gasteiger partial charge in [-0.05, 0) is 43.9 Å². The highest BCUT2D eigenvalue weighted by Crippen LogP contribution is 2.19. The number of carbonyl (C=O) groups excluding carboxylic acids is 4. The summed E-state index contributed by atoms with van der Waals surface area (Å²) in [5.74, 6) is -4.07. The third-order valence-corrected chi connectivity index (χ3v) is 6.94. The van der Waals surface area contributed by atoms with Crippen LogP contribution in [-0.2, 0) is 36.8 Å². The third kappa shape index (κ3) is 9.93. The number of carbonyl (C=O) groups is 5. The van der Waals surface area contributed by atoms with Gasteiger partial charge in [-0.2, -0.15) is 0 Å². The summed E-state index contributed by atoms with van der Waals surface area (Å²) in [4.78, 5) is 72.9. The number of nitrogens with one attached hydrogen (secondary N) is 5. The van der Waals surface area contributed by atoms with E-state index in [1.165, 1.54) is 6.33 Å². The Kier molecular flexibility index (Phi) is 12.2. The van der Waals surface area contributed by atoms with Crippen molar-refractivity contribution in [2.45, 2.75) is 69.1 Å². The van der Waals surface area contributed by atoms with E-state index in [-0.39, 0.29) is 32.1 Å². The molecule has 15 nitrogen and oxygen atoms in total. The molecule has 0 saturated heterocycles. The number of amides is 4. The number of hydrogen-bond acceptors (Lipinski definition) is 8. The summed E-state index contributed by atoms with van der Waals surface area (Å²) >= 11 is 0. The first-order valence-electron chi connectivity index (χ1n) is 14.0. The van der Waals surface area contributed by atoms with Gasteiger partial charge < -0.3 is 48.2 Å². The molecule has 2 heterocycles. The fourth-order valence-corrected chi connectivity index (χ4v) is 4.58. The molecule has 0 spiro atoms. The number of aliphatic carboxylic acids is 1. The number of imidazole rings is 1. The highest BCUT2D eigenvalue weighted by atomic mass is 16.4. The fourth-order valence-electron chi connectivity index (χ4n) is 4.58. The van der Waals surface area contributed by atoms with Gasteiger partial charge in [0, 0.05) is 48.3 Å². The summed E-state index contributed by atoms with van der Waals surface area (Å²) in [7, 11) is 0. The van der Waals surface area contributed by atoms with Crippen LogP contribution < -0.4 is 33.2 Å². The lowest BCUT2D eigenvalue weighted by atomic mass is 10.0. The molecule has 12 N–H and O–H groups in total. The van der Waals surface area contributed by atoms with Crippen LogP contribution in [0.1, 0.15) is 43.4 Å². The largest absolute Gasteiger partial charge is 0.480 e. The number of primary amides is 1. The maximum atomic E-state index is 13.6. The minimum absolute atomic E-state index is 0.00650. The zero-order chi connectivity index (χ0) is 31.4. The van der Waals surface area contributed by atoms with Crippen molar-refractivity contribution in [3.8, 4) is 0 Å². The Morgan fingerprint density at radius 3 is 2.26 bits per heavy atom. The Morgan fingerprint density at radius 1 is 0.884 bits per heavy atom. The van der Waals surface area contributed by atoms with Gasteiger partial charge in [0.05, 0.1) is 12.4 Å². The normalized spacial score (nSPS) is 13.9. The minimum Gasteiger partial charge on any atom is -0.480 e. The van der Waals surface area contributed by atoms with Crippen molar-refractivity contribution in [2.75, 3.05) is 6.54 Å². The van der Waals surface area contributed by atoms with Crippen molar-refractivity contribution in [1.29, 1.82) is 0 Å². The van der Waals surface area contributed by atoms with E-state index in [1.807, 2.05) is 24.3 Å². The lowest BCUT2D eigenvalue weighted by molar-refractivity contribution is -0.142. The smallest absolute Gasteiger partial charge is 0.326 e. The van der Waals surface area contributed by atoms with Crippen LogP contribution in [0, 0.1) is 0 Å². The molecule has 0 saturated carbocycles. The quantitative estimate of drug-likeness (QED) is 0.0807. The lowest BCUT2D eigenvalue weighted by Gasteiger charge is -2.25. The summed E-state index contributed by atoms with van der Waals surface area (Å²) in [6, 6.07) is 2.71. The minimum atomic E-state index is -1.41. The van der Waals surface area contributed by atoms with Gasteiger partial charge in [-0.15, -0.1) is 0 Å². The molecule has 2 aromatic heterocycles. The van der Waals surface area contributed by atoms with Gasteiger partial charge in [-0.25, -0.2) is 9.78 Å². The van der Waals surface area contributed by atoms with E-state index in [4.69, 9.17) is 17.2 Å². The number of nitrogens with zero attached hydrogens (tertiary/aromatic N) is 1. The van der Waals surface area contributed by atoms with Gasteiger partial charge in [0.15, 0.2) is 0 Å². The summed E-state index contributed by atoms with van der Waals surface area (Å²) < 4.78 is 0. The van der Waals surface area contributed by atoms with Crippen molar-refractivity contribution in [2.24, 2.45) is 17.2 Å². The van der Waals surface area contributed by atoms with E-state index in [2.05, 4.69) is 30.9 Å². The molecule has 3 aromatic rings. The maximum Gasteiger partial charge on any atom is 0.326 e. The number of aromatic amines is 2. The zero-order valence-electron chi connectivity index (χ0n) is 23.7. The average Bonchev–Trinajstić information content (AvgIpc) is 3.64. The topological polar surface area (TPSA) is 264 Å². The summed E-state index contributed by atoms with van der Waals surface area (Å²) in [6.45, 7) is 0.384. The van der Waals surface area contributed by atoms with Crippen LogP contribution in [0.2, 0.25) is 0 Å².